The van der Waals surface area contributed by atoms with Crippen molar-refractivity contribution in [2.24, 2.45) is 0 Å². The van der Waals surface area contributed by atoms with Crippen molar-refractivity contribution in [1.82, 2.24) is 0 Å². The van der Waals surface area contributed by atoms with Crippen LogP contribution in [-0.2, 0) is 6.42 Å². The zero-order chi connectivity index (χ0) is 8.97. The highest BCUT2D eigenvalue weighted by atomic mass is 16.1. The maximum absolute atomic E-state index is 11.2. The summed E-state index contributed by atoms with van der Waals surface area (Å²) in [5.74, 6) is 0.109. The van der Waals surface area contributed by atoms with E-state index in [1.807, 2.05) is 24.3 Å². The highest BCUT2D eigenvalue weighted by Gasteiger charge is 2.00. The third kappa shape index (κ3) is 1.94. The van der Waals surface area contributed by atoms with E-state index in [4.69, 9.17) is 0 Å². The molecule has 1 nitrogen and oxygen atoms in total. The van der Waals surface area contributed by atoms with Gasteiger partial charge >= 0.3 is 0 Å². The van der Waals surface area contributed by atoms with Gasteiger partial charge in [0.25, 0.3) is 0 Å². The number of benzene rings is 1. The zero-order valence-corrected chi connectivity index (χ0v) is 7.34. The standard InChI is InChI=1S/C11H13O/c1-3-9-5-7-10(8-6-9)11(12)4-2/h5-8H,2-4H2,1H3. The monoisotopic (exact) mass is 161 g/mol. The van der Waals surface area contributed by atoms with Crippen molar-refractivity contribution in [3.63, 3.8) is 0 Å². The van der Waals surface area contributed by atoms with Crippen molar-refractivity contribution >= 4 is 5.78 Å². The Kier molecular flexibility index (Phi) is 3.03. The largest absolute Gasteiger partial charge is 0.294 e. The second kappa shape index (κ2) is 4.05. The number of aryl methyl sites for hydroxylation is 1. The third-order valence-electron chi connectivity index (χ3n) is 1.91. The first-order valence-electron chi connectivity index (χ1n) is 4.19. The molecule has 0 saturated carbocycles. The van der Waals surface area contributed by atoms with Gasteiger partial charge in [-0.1, -0.05) is 31.2 Å². The van der Waals surface area contributed by atoms with Gasteiger partial charge in [0.05, 0.1) is 0 Å². The Balaban J connectivity index is 2.84. The minimum atomic E-state index is 0.109. The molecule has 0 spiro atoms. The Labute approximate surface area is 73.4 Å². The van der Waals surface area contributed by atoms with Crippen LogP contribution in [0.3, 0.4) is 0 Å². The maximum atomic E-state index is 11.2. The van der Waals surface area contributed by atoms with Gasteiger partial charge in [0.2, 0.25) is 0 Å². The van der Waals surface area contributed by atoms with E-state index in [1.165, 1.54) is 5.56 Å². The SMILES string of the molecule is [CH2]CC(=O)c1ccc(CC)cc1. The van der Waals surface area contributed by atoms with E-state index in [1.54, 1.807) is 0 Å². The predicted molar refractivity (Wildman–Crippen MR) is 50.1 cm³/mol. The summed E-state index contributed by atoms with van der Waals surface area (Å²) in [6.07, 6.45) is 1.35. The molecule has 0 heterocycles. The molecule has 0 unspecified atom stereocenters. The molecule has 0 N–H and O–H groups in total. The molecule has 0 atom stereocenters. The summed E-state index contributed by atoms with van der Waals surface area (Å²) in [5.41, 5.74) is 2.03. The summed E-state index contributed by atoms with van der Waals surface area (Å²) in [4.78, 5) is 11.2. The minimum absolute atomic E-state index is 0.109. The first-order chi connectivity index (χ1) is 5.77. The van der Waals surface area contributed by atoms with Crippen LogP contribution in [0.25, 0.3) is 0 Å². The van der Waals surface area contributed by atoms with Crippen molar-refractivity contribution in [2.45, 2.75) is 19.8 Å². The first kappa shape index (κ1) is 8.98. The van der Waals surface area contributed by atoms with Crippen LogP contribution in [0.5, 0.6) is 0 Å². The van der Waals surface area contributed by atoms with Gasteiger partial charge in [0.1, 0.15) is 0 Å². The highest BCUT2D eigenvalue weighted by molar-refractivity contribution is 5.96. The fourth-order valence-electron chi connectivity index (χ4n) is 1.07. The molecule has 12 heavy (non-hydrogen) atoms. The van der Waals surface area contributed by atoms with Crippen LogP contribution in [0, 0.1) is 6.92 Å². The van der Waals surface area contributed by atoms with Crippen LogP contribution in [0.1, 0.15) is 29.3 Å². The molecular formula is C11H13O. The van der Waals surface area contributed by atoms with Gasteiger partial charge in [-0.2, -0.15) is 0 Å². The fourth-order valence-corrected chi connectivity index (χ4v) is 1.07. The molecule has 0 aliphatic rings. The van der Waals surface area contributed by atoms with Crippen LogP contribution in [0.4, 0.5) is 0 Å². The van der Waals surface area contributed by atoms with Crippen LogP contribution >= 0.6 is 0 Å². The van der Waals surface area contributed by atoms with Crippen LogP contribution in [0.15, 0.2) is 24.3 Å². The number of rotatable bonds is 3. The minimum Gasteiger partial charge on any atom is -0.294 e. The zero-order valence-electron chi connectivity index (χ0n) is 7.34. The number of carbonyl (C=O) groups excluding carboxylic acids is 1. The summed E-state index contributed by atoms with van der Waals surface area (Å²) in [6.45, 7) is 5.65. The van der Waals surface area contributed by atoms with Gasteiger partial charge in [0, 0.05) is 12.0 Å². The summed E-state index contributed by atoms with van der Waals surface area (Å²) < 4.78 is 0. The van der Waals surface area contributed by atoms with Gasteiger partial charge in [0.15, 0.2) is 5.78 Å². The van der Waals surface area contributed by atoms with E-state index in [9.17, 15) is 4.79 Å². The Morgan fingerprint density at radius 1 is 1.33 bits per heavy atom. The van der Waals surface area contributed by atoms with E-state index >= 15 is 0 Å². The molecule has 1 radical (unpaired) electrons. The Morgan fingerprint density at radius 3 is 2.33 bits per heavy atom. The van der Waals surface area contributed by atoms with Crippen molar-refractivity contribution in [1.29, 1.82) is 0 Å². The van der Waals surface area contributed by atoms with Gasteiger partial charge in [-0.05, 0) is 18.9 Å². The lowest BCUT2D eigenvalue weighted by molar-refractivity contribution is 0.0995. The van der Waals surface area contributed by atoms with Crippen LogP contribution in [0.2, 0.25) is 0 Å². The summed E-state index contributed by atoms with van der Waals surface area (Å²) in [5, 5.41) is 0. The highest BCUT2D eigenvalue weighted by Crippen LogP contribution is 2.06. The lowest BCUT2D eigenvalue weighted by Crippen LogP contribution is -1.96. The average molecular weight is 161 g/mol. The van der Waals surface area contributed by atoms with Crippen LogP contribution < -0.4 is 0 Å². The topological polar surface area (TPSA) is 17.1 Å². The third-order valence-corrected chi connectivity index (χ3v) is 1.91. The summed E-state index contributed by atoms with van der Waals surface area (Å²) in [6, 6.07) is 7.71. The first-order valence-corrected chi connectivity index (χ1v) is 4.19. The number of carbonyl (C=O) groups is 1. The molecule has 0 amide bonds. The number of Topliss-reactive ketones (excluding diaryl/α,β-unsaturated/α-hetero) is 1. The molecule has 0 aliphatic carbocycles. The van der Waals surface area contributed by atoms with Gasteiger partial charge < -0.3 is 0 Å². The van der Waals surface area contributed by atoms with Gasteiger partial charge in [-0.25, -0.2) is 0 Å². The molecule has 63 valence electrons. The van der Waals surface area contributed by atoms with Crippen molar-refractivity contribution < 1.29 is 4.79 Å². The molecule has 1 aromatic carbocycles. The van der Waals surface area contributed by atoms with Gasteiger partial charge in [-0.15, -0.1) is 0 Å². The van der Waals surface area contributed by atoms with Crippen molar-refractivity contribution in [3.05, 3.63) is 42.3 Å². The molecule has 0 fully saturated rings. The molecule has 1 rings (SSSR count). The Bertz CT molecular complexity index is 259. The van der Waals surface area contributed by atoms with Crippen molar-refractivity contribution in [3.8, 4) is 0 Å². The maximum Gasteiger partial charge on any atom is 0.162 e. The second-order valence-electron chi connectivity index (χ2n) is 2.72. The quantitative estimate of drug-likeness (QED) is 0.623. The normalized spacial score (nSPS) is 9.83. The van der Waals surface area contributed by atoms with E-state index in [-0.39, 0.29) is 5.78 Å². The lowest BCUT2D eigenvalue weighted by Gasteiger charge is -1.98. The summed E-state index contributed by atoms with van der Waals surface area (Å²) >= 11 is 0. The van der Waals surface area contributed by atoms with E-state index < -0.39 is 0 Å². The Morgan fingerprint density at radius 2 is 1.92 bits per heavy atom. The molecule has 0 bridgehead atoms. The van der Waals surface area contributed by atoms with Crippen molar-refractivity contribution in [2.75, 3.05) is 0 Å². The number of hydrogen-bond acceptors (Lipinski definition) is 1. The van der Waals surface area contributed by atoms with E-state index in [0.29, 0.717) is 6.42 Å². The average Bonchev–Trinajstić information content (AvgIpc) is 2.17. The molecule has 0 saturated heterocycles. The summed E-state index contributed by atoms with van der Waals surface area (Å²) in [7, 11) is 0. The lowest BCUT2D eigenvalue weighted by atomic mass is 10.1. The van der Waals surface area contributed by atoms with E-state index in [2.05, 4.69) is 13.8 Å². The van der Waals surface area contributed by atoms with Gasteiger partial charge in [-0.3, -0.25) is 4.79 Å². The van der Waals surface area contributed by atoms with Crippen LogP contribution in [-0.4, -0.2) is 5.78 Å². The molecule has 0 aromatic heterocycles. The second-order valence-corrected chi connectivity index (χ2v) is 2.72. The Hall–Kier alpha value is -1.11. The number of ketones is 1. The fraction of sp³-hybridized carbons (Fsp3) is 0.273. The number of hydrogen-bond donors (Lipinski definition) is 0. The molecule has 1 heteroatoms. The molecule has 1 aromatic rings. The predicted octanol–water partition coefficient (Wildman–Crippen LogP) is 2.66. The smallest absolute Gasteiger partial charge is 0.162 e. The molecular weight excluding hydrogens is 148 g/mol. The van der Waals surface area contributed by atoms with E-state index in [0.717, 1.165) is 12.0 Å². The molecule has 0 aliphatic heterocycles.